The van der Waals surface area contributed by atoms with Gasteiger partial charge in [-0.15, -0.1) is 0 Å². The van der Waals surface area contributed by atoms with Gasteiger partial charge in [0.25, 0.3) is 0 Å². The second-order valence-corrected chi connectivity index (χ2v) is 47.4. The monoisotopic (exact) mass is 1870 g/mol. The molecule has 6 nitrogen and oxygen atoms in total. The Morgan fingerprint density at radius 1 is 0.250 bits per heavy atom. The molecule has 9 heteroatoms. The molecule has 9 aliphatic rings. The molecule has 0 radical (unpaired) electrons. The summed E-state index contributed by atoms with van der Waals surface area (Å²) in [4.78, 5) is 0. The van der Waals surface area contributed by atoms with Crippen molar-refractivity contribution >= 4 is 35.3 Å². The van der Waals surface area contributed by atoms with Gasteiger partial charge in [-0.25, -0.2) is 0 Å². The Labute approximate surface area is 830 Å². The van der Waals surface area contributed by atoms with Crippen molar-refractivity contribution in [2.75, 3.05) is 94.5 Å². The molecule has 3 N–H and O–H groups in total. The topological polar surface area (TPSA) is 63.8 Å². The Bertz CT molecular complexity index is 1750. The predicted octanol–water partition coefficient (Wildman–Crippen LogP) is 39.2. The highest BCUT2D eigenvalue weighted by atomic mass is 32.2. The molecule has 9 heterocycles. The van der Waals surface area contributed by atoms with E-state index in [-0.39, 0.29) is 5.60 Å². The fourth-order valence-electron chi connectivity index (χ4n) is 23.3. The number of hydrogen-bond donors (Lipinski definition) is 3. The Morgan fingerprint density at radius 2 is 0.641 bits per heavy atom. The van der Waals surface area contributed by atoms with Crippen molar-refractivity contribution in [3.63, 3.8) is 0 Å². The lowest BCUT2D eigenvalue weighted by Crippen LogP contribution is -2.56. The molecule has 0 amide bonds. The Morgan fingerprint density at radius 3 is 0.883 bits per heavy atom. The third-order valence-electron chi connectivity index (χ3n) is 32.8. The largest absolute Gasteiger partial charge is 0.381 e. The van der Waals surface area contributed by atoms with Crippen LogP contribution in [0.5, 0.6) is 0 Å². The number of thioether (sulfide) groups is 3. The van der Waals surface area contributed by atoms with Gasteiger partial charge in [0.1, 0.15) is 0 Å². The van der Waals surface area contributed by atoms with Crippen LogP contribution in [0, 0.1) is 139 Å². The van der Waals surface area contributed by atoms with Gasteiger partial charge < -0.3 is 30.2 Å². The molecule has 0 saturated carbocycles. The van der Waals surface area contributed by atoms with Gasteiger partial charge in [0.2, 0.25) is 0 Å². The van der Waals surface area contributed by atoms with Crippen LogP contribution in [0.4, 0.5) is 0 Å². The average molecular weight is 1880 g/mol. The zero-order valence-corrected chi connectivity index (χ0v) is 102. The molecule has 0 aromatic rings. The normalized spacial score (nSPS) is 21.4. The van der Waals surface area contributed by atoms with Gasteiger partial charge in [-0.3, -0.25) is 0 Å². The number of rotatable bonds is 17. The van der Waals surface area contributed by atoms with Crippen LogP contribution in [0.25, 0.3) is 0 Å². The molecule has 0 aromatic heterocycles. The van der Waals surface area contributed by atoms with Crippen molar-refractivity contribution in [1.82, 2.24) is 16.0 Å². The summed E-state index contributed by atoms with van der Waals surface area (Å²) in [6.45, 7) is 134. The van der Waals surface area contributed by atoms with E-state index in [9.17, 15) is 0 Å². The molecular formula is C119H259N3O3S3. The third kappa shape index (κ3) is 48.8. The van der Waals surface area contributed by atoms with Crippen LogP contribution >= 0.6 is 35.3 Å². The van der Waals surface area contributed by atoms with Gasteiger partial charge in [-0.2, -0.15) is 35.3 Å². The fraction of sp³-hybridized carbons (Fsp3) is 1.00. The van der Waals surface area contributed by atoms with E-state index < -0.39 is 0 Å². The molecule has 0 bridgehead atoms. The number of piperidine rings is 2. The first-order chi connectivity index (χ1) is 60.2. The van der Waals surface area contributed by atoms with E-state index >= 15 is 0 Å². The van der Waals surface area contributed by atoms with Crippen molar-refractivity contribution in [2.24, 2.45) is 139 Å². The van der Waals surface area contributed by atoms with E-state index in [1.54, 1.807) is 0 Å². The third-order valence-corrected chi connectivity index (χ3v) is 37.3. The quantitative estimate of drug-likeness (QED) is 0.132. The van der Waals surface area contributed by atoms with Crippen LogP contribution in [0.2, 0.25) is 0 Å². The first-order valence-electron chi connectivity index (χ1n) is 56.9. The molecule has 128 heavy (non-hydrogen) atoms. The Hall–Kier alpha value is 0.810. The van der Waals surface area contributed by atoms with Crippen LogP contribution in [0.15, 0.2) is 0 Å². The Kier molecular flexibility index (Phi) is 94.5. The zero-order chi connectivity index (χ0) is 102. The van der Waals surface area contributed by atoms with Crippen molar-refractivity contribution in [3.8, 4) is 0 Å². The molecule has 1 unspecified atom stereocenters. The summed E-state index contributed by atoms with van der Waals surface area (Å²) >= 11 is 6.52. The summed E-state index contributed by atoms with van der Waals surface area (Å²) in [5.74, 6) is 20.4. The summed E-state index contributed by atoms with van der Waals surface area (Å²) in [6, 6.07) is 0. The second-order valence-electron chi connectivity index (χ2n) is 43.6. The first kappa shape index (κ1) is 147. The molecule has 1 atom stereocenters. The average Bonchev–Trinajstić information content (AvgIpc) is 1.10. The van der Waals surface area contributed by atoms with Crippen molar-refractivity contribution in [3.05, 3.63) is 0 Å². The maximum absolute atomic E-state index is 5.99. The molecule has 9 saturated heterocycles. The summed E-state index contributed by atoms with van der Waals surface area (Å²) < 4.78 is 17.6. The lowest BCUT2D eigenvalue weighted by atomic mass is 9.57. The van der Waals surface area contributed by atoms with Crippen molar-refractivity contribution in [2.45, 2.75) is 538 Å². The fourth-order valence-corrected chi connectivity index (χ4v) is 27.9. The molecule has 0 spiro atoms. The van der Waals surface area contributed by atoms with Gasteiger partial charge in [0.05, 0.1) is 12.2 Å². The van der Waals surface area contributed by atoms with E-state index in [2.05, 4.69) is 307 Å². The minimum Gasteiger partial charge on any atom is -0.381 e. The van der Waals surface area contributed by atoms with Gasteiger partial charge >= 0.3 is 0 Å². The molecule has 9 aliphatic heterocycles. The SMILES string of the molecule is CC.CC.CC.CC.CC.CC.CC.CC.CC.CC(C)C1(C(C)(C)C)CCCNCC1.CC(C)C1(C(C)C)CCCCN1.CC(C)C1(C(C)C)CCCCO1.CC(C)C1(C(C)C)CCCCS1.CC(C)C1(C(C)C)CCCNC1.CC(C)C1(C(C)C)CCCOC1.CC(C)C1(C(C)C)CCCSC1.CC(C)C1(C(C)C)CCOCC1.CC(C)C1(C(C)C)CCSCC1. The van der Waals surface area contributed by atoms with Crippen molar-refractivity contribution in [1.29, 1.82) is 0 Å². The smallest absolute Gasteiger partial charge is 0.0728 e. The van der Waals surface area contributed by atoms with E-state index in [1.807, 2.05) is 125 Å². The summed E-state index contributed by atoms with van der Waals surface area (Å²) in [5, 5.41) is 10.8. The molecule has 0 aromatic carbocycles. The molecular weight excluding hydrogens is 1620 g/mol. The van der Waals surface area contributed by atoms with Crippen LogP contribution in [0.1, 0.15) is 522 Å². The van der Waals surface area contributed by atoms with Crippen LogP contribution in [-0.2, 0) is 14.2 Å². The zero-order valence-electron chi connectivity index (χ0n) is 99.9. The van der Waals surface area contributed by atoms with Gasteiger partial charge in [0.15, 0.2) is 0 Å². The minimum absolute atomic E-state index is 0.179. The summed E-state index contributed by atoms with van der Waals surface area (Å²) in [6.07, 6.45) is 30.0. The number of ether oxygens (including phenoxy) is 3. The number of hydrogen-bond acceptors (Lipinski definition) is 9. The first-order valence-corrected chi connectivity index (χ1v) is 60.2. The van der Waals surface area contributed by atoms with Gasteiger partial charge in [0, 0.05) is 43.3 Å². The van der Waals surface area contributed by atoms with Crippen LogP contribution in [0.3, 0.4) is 0 Å². The Balaban J connectivity index is -0.000000174. The van der Waals surface area contributed by atoms with Gasteiger partial charge in [-0.05, 0) is 322 Å². The molecule has 9 rings (SSSR count). The summed E-state index contributed by atoms with van der Waals surface area (Å²) in [5.41, 5.74) is 4.46. The lowest BCUT2D eigenvalue weighted by Gasteiger charge is -2.48. The van der Waals surface area contributed by atoms with Crippen LogP contribution < -0.4 is 16.0 Å². The molecule has 9 fully saturated rings. The highest BCUT2D eigenvalue weighted by Gasteiger charge is 2.47. The van der Waals surface area contributed by atoms with E-state index in [0.717, 1.165) is 122 Å². The number of nitrogens with one attached hydrogen (secondary N) is 3. The van der Waals surface area contributed by atoms with E-state index in [4.69, 9.17) is 14.2 Å². The second kappa shape index (κ2) is 82.5. The standard InChI is InChI=1S/C13H27N.2C11H23N.3C11H22O.3C11H22S.9C2H6/c1-11(2)13(12(3,4)5)7-6-9-14-10-8-13;1-9(2)11(10(3)4)6-5-7-12-8-11;1-9(2)11(10(3)4)7-5-6-8-12-11;1-9(2)11(10(3)4)5-7-12-8-6-11;1-9(2)11(10(3)4)6-5-7-12-8-11;1-9(2)11(10(3)4)7-5-6-8-12-11;1-9(2)11(10(3)4)5-7-12-8-6-11;1-9(2)11(10(3)4)6-5-7-12-8-11;1-9(2)11(10(3)4)7-5-6-8-12-11;9*1-2/h11,14H,6-10H2,1-5H3;2*9-10,12H,5-8H2,1-4H3;6*9-10H,5-8H2,1-4H3;9*1-2H3. The minimum atomic E-state index is 0.179. The summed E-state index contributed by atoms with van der Waals surface area (Å²) in [7, 11) is 0. The lowest BCUT2D eigenvalue weighted by molar-refractivity contribution is -0.137. The molecule has 0 aliphatic carbocycles. The maximum atomic E-state index is 5.99. The van der Waals surface area contributed by atoms with E-state index in [1.165, 1.54) is 203 Å². The van der Waals surface area contributed by atoms with E-state index in [0.29, 0.717) is 60.0 Å². The maximum Gasteiger partial charge on any atom is 0.0728 e. The predicted molar refractivity (Wildman–Crippen MR) is 607 cm³/mol. The highest BCUT2D eigenvalue weighted by molar-refractivity contribution is 8.00. The van der Waals surface area contributed by atoms with Crippen LogP contribution in [-0.4, -0.2) is 110 Å². The highest BCUT2D eigenvalue weighted by Crippen LogP contribution is 2.54. The van der Waals surface area contributed by atoms with Crippen molar-refractivity contribution < 1.29 is 14.2 Å². The molecule has 786 valence electrons. The van der Waals surface area contributed by atoms with Gasteiger partial charge in [-0.1, -0.05) is 394 Å².